The molecule has 1 atom stereocenters. The number of hydrogen-bond donors (Lipinski definition) is 1. The maximum Gasteiger partial charge on any atom is 0.418 e. The molecule has 1 aromatic rings. The summed E-state index contributed by atoms with van der Waals surface area (Å²) in [7, 11) is 0. The standard InChI is InChI=1S/C13H15BrF3NO/c14-9-3-4-11(13(15,16)17)12(8-9)18-6-5-10-2-1-7-19-10/h3-4,8,10,18H,1-2,5-7H2. The minimum absolute atomic E-state index is 0.111. The van der Waals surface area contributed by atoms with Crippen LogP contribution in [0.15, 0.2) is 22.7 Å². The van der Waals surface area contributed by atoms with Crippen molar-refractivity contribution >= 4 is 21.6 Å². The highest BCUT2D eigenvalue weighted by molar-refractivity contribution is 9.10. The van der Waals surface area contributed by atoms with E-state index in [0.717, 1.165) is 31.9 Å². The van der Waals surface area contributed by atoms with Gasteiger partial charge in [0.1, 0.15) is 0 Å². The molecule has 1 fully saturated rings. The summed E-state index contributed by atoms with van der Waals surface area (Å²) in [6.07, 6.45) is -1.41. The van der Waals surface area contributed by atoms with Crippen LogP contribution in [0, 0.1) is 0 Å². The molecule has 0 aliphatic carbocycles. The predicted octanol–water partition coefficient (Wildman–Crippen LogP) is 4.45. The quantitative estimate of drug-likeness (QED) is 0.876. The summed E-state index contributed by atoms with van der Waals surface area (Å²) in [6, 6.07) is 3.94. The summed E-state index contributed by atoms with van der Waals surface area (Å²) in [5.41, 5.74) is -0.525. The Balaban J connectivity index is 1.99. The maximum atomic E-state index is 12.8. The molecule has 1 saturated heterocycles. The molecule has 0 radical (unpaired) electrons. The Morgan fingerprint density at radius 1 is 1.37 bits per heavy atom. The highest BCUT2D eigenvalue weighted by atomic mass is 79.9. The van der Waals surface area contributed by atoms with E-state index in [-0.39, 0.29) is 11.8 Å². The molecule has 0 bridgehead atoms. The monoisotopic (exact) mass is 337 g/mol. The first kappa shape index (κ1) is 14.7. The van der Waals surface area contributed by atoms with Crippen molar-refractivity contribution in [3.05, 3.63) is 28.2 Å². The molecule has 2 rings (SSSR count). The van der Waals surface area contributed by atoms with E-state index in [2.05, 4.69) is 21.2 Å². The van der Waals surface area contributed by atoms with Gasteiger partial charge in [-0.05, 0) is 37.5 Å². The molecule has 0 saturated carbocycles. The van der Waals surface area contributed by atoms with Gasteiger partial charge in [0.2, 0.25) is 0 Å². The van der Waals surface area contributed by atoms with Crippen LogP contribution in [0.4, 0.5) is 18.9 Å². The van der Waals surface area contributed by atoms with Crippen molar-refractivity contribution in [2.45, 2.75) is 31.5 Å². The van der Waals surface area contributed by atoms with Gasteiger partial charge < -0.3 is 10.1 Å². The fourth-order valence-corrected chi connectivity index (χ4v) is 2.51. The van der Waals surface area contributed by atoms with Crippen LogP contribution in [-0.2, 0) is 10.9 Å². The number of nitrogens with one attached hydrogen (secondary N) is 1. The molecule has 0 aromatic heterocycles. The van der Waals surface area contributed by atoms with Gasteiger partial charge in [0.05, 0.1) is 11.7 Å². The Labute approximate surface area is 118 Å². The van der Waals surface area contributed by atoms with Gasteiger partial charge in [-0.1, -0.05) is 15.9 Å². The van der Waals surface area contributed by atoms with Crippen LogP contribution in [0.3, 0.4) is 0 Å². The summed E-state index contributed by atoms with van der Waals surface area (Å²) in [4.78, 5) is 0. The van der Waals surface area contributed by atoms with Gasteiger partial charge in [0.25, 0.3) is 0 Å². The topological polar surface area (TPSA) is 21.3 Å². The number of anilines is 1. The van der Waals surface area contributed by atoms with Gasteiger partial charge in [-0.2, -0.15) is 13.2 Å². The Kier molecular flexibility index (Phi) is 4.73. The lowest BCUT2D eigenvalue weighted by molar-refractivity contribution is -0.137. The molecular formula is C13H15BrF3NO. The number of benzene rings is 1. The molecule has 1 unspecified atom stereocenters. The molecule has 0 amide bonds. The fourth-order valence-electron chi connectivity index (χ4n) is 2.15. The zero-order valence-electron chi connectivity index (χ0n) is 10.3. The van der Waals surface area contributed by atoms with Gasteiger partial charge in [0, 0.05) is 23.3 Å². The third kappa shape index (κ3) is 4.11. The number of hydrogen-bond acceptors (Lipinski definition) is 2. The molecule has 1 aliphatic rings. The fraction of sp³-hybridized carbons (Fsp3) is 0.538. The van der Waals surface area contributed by atoms with Crippen molar-refractivity contribution in [3.63, 3.8) is 0 Å². The van der Waals surface area contributed by atoms with Gasteiger partial charge >= 0.3 is 6.18 Å². The van der Waals surface area contributed by atoms with E-state index in [1.165, 1.54) is 12.1 Å². The predicted molar refractivity (Wildman–Crippen MR) is 71.2 cm³/mol. The molecule has 106 valence electrons. The van der Waals surface area contributed by atoms with Crippen LogP contribution in [0.5, 0.6) is 0 Å². The van der Waals surface area contributed by atoms with Crippen LogP contribution >= 0.6 is 15.9 Å². The Bertz CT molecular complexity index is 430. The van der Waals surface area contributed by atoms with Gasteiger partial charge in [0.15, 0.2) is 0 Å². The second-order valence-electron chi connectivity index (χ2n) is 4.54. The van der Waals surface area contributed by atoms with E-state index >= 15 is 0 Å². The van der Waals surface area contributed by atoms with E-state index < -0.39 is 11.7 Å². The highest BCUT2D eigenvalue weighted by Crippen LogP contribution is 2.36. The second kappa shape index (κ2) is 6.13. The van der Waals surface area contributed by atoms with E-state index in [1.54, 1.807) is 0 Å². The molecule has 1 heterocycles. The molecule has 1 aliphatic heterocycles. The van der Waals surface area contributed by atoms with Crippen molar-refractivity contribution in [2.24, 2.45) is 0 Å². The molecule has 1 N–H and O–H groups in total. The zero-order valence-corrected chi connectivity index (χ0v) is 11.9. The summed E-state index contributed by atoms with van der Waals surface area (Å²) in [5, 5.41) is 2.86. The van der Waals surface area contributed by atoms with Crippen LogP contribution in [0.2, 0.25) is 0 Å². The minimum atomic E-state index is -4.34. The van der Waals surface area contributed by atoms with Crippen LogP contribution in [0.1, 0.15) is 24.8 Å². The SMILES string of the molecule is FC(F)(F)c1ccc(Br)cc1NCCC1CCCO1. The first-order chi connectivity index (χ1) is 8.97. The number of halogens is 4. The first-order valence-corrected chi connectivity index (χ1v) is 6.98. The van der Waals surface area contributed by atoms with Crippen molar-refractivity contribution in [2.75, 3.05) is 18.5 Å². The molecule has 6 heteroatoms. The zero-order chi connectivity index (χ0) is 13.9. The normalized spacial score (nSPS) is 19.7. The molecule has 19 heavy (non-hydrogen) atoms. The number of ether oxygens (including phenoxy) is 1. The average molecular weight is 338 g/mol. The number of rotatable bonds is 4. The van der Waals surface area contributed by atoms with E-state index in [1.807, 2.05) is 0 Å². The minimum Gasteiger partial charge on any atom is -0.384 e. The van der Waals surface area contributed by atoms with Crippen LogP contribution in [-0.4, -0.2) is 19.3 Å². The van der Waals surface area contributed by atoms with Crippen molar-refractivity contribution < 1.29 is 17.9 Å². The molecular weight excluding hydrogens is 323 g/mol. The average Bonchev–Trinajstić information content (AvgIpc) is 2.80. The van der Waals surface area contributed by atoms with Crippen LogP contribution < -0.4 is 5.32 Å². The van der Waals surface area contributed by atoms with Gasteiger partial charge in [-0.15, -0.1) is 0 Å². The lowest BCUT2D eigenvalue weighted by Gasteiger charge is -2.16. The van der Waals surface area contributed by atoms with E-state index in [0.29, 0.717) is 11.0 Å². The summed E-state index contributed by atoms with van der Waals surface area (Å²) in [6.45, 7) is 1.24. The second-order valence-corrected chi connectivity index (χ2v) is 5.45. The smallest absolute Gasteiger partial charge is 0.384 e. The lowest BCUT2D eigenvalue weighted by Crippen LogP contribution is -2.15. The highest BCUT2D eigenvalue weighted by Gasteiger charge is 2.33. The molecule has 1 aromatic carbocycles. The molecule has 0 spiro atoms. The Morgan fingerprint density at radius 2 is 2.16 bits per heavy atom. The van der Waals surface area contributed by atoms with Crippen LogP contribution in [0.25, 0.3) is 0 Å². The molecule has 2 nitrogen and oxygen atoms in total. The summed E-state index contributed by atoms with van der Waals surface area (Å²) >= 11 is 3.19. The Hall–Kier alpha value is -0.750. The third-order valence-corrected chi connectivity index (χ3v) is 3.59. The summed E-state index contributed by atoms with van der Waals surface area (Å²) < 4.78 is 44.6. The van der Waals surface area contributed by atoms with Gasteiger partial charge in [-0.3, -0.25) is 0 Å². The number of alkyl halides is 3. The third-order valence-electron chi connectivity index (χ3n) is 3.09. The van der Waals surface area contributed by atoms with Crippen molar-refractivity contribution in [3.8, 4) is 0 Å². The maximum absolute atomic E-state index is 12.8. The van der Waals surface area contributed by atoms with E-state index in [9.17, 15) is 13.2 Å². The van der Waals surface area contributed by atoms with Crippen molar-refractivity contribution in [1.29, 1.82) is 0 Å². The van der Waals surface area contributed by atoms with Gasteiger partial charge in [-0.25, -0.2) is 0 Å². The summed E-state index contributed by atoms with van der Waals surface area (Å²) in [5.74, 6) is 0. The lowest BCUT2D eigenvalue weighted by atomic mass is 10.1. The van der Waals surface area contributed by atoms with E-state index in [4.69, 9.17) is 4.74 Å². The largest absolute Gasteiger partial charge is 0.418 e. The van der Waals surface area contributed by atoms with Crippen molar-refractivity contribution in [1.82, 2.24) is 0 Å². The Morgan fingerprint density at radius 3 is 2.79 bits per heavy atom. The first-order valence-electron chi connectivity index (χ1n) is 6.19.